The summed E-state index contributed by atoms with van der Waals surface area (Å²) in [4.78, 5) is 85.9. The number of hydrogen-bond donors (Lipinski definition) is 4. The molecule has 0 saturated carbocycles. The molecule has 80 heavy (non-hydrogen) atoms. The summed E-state index contributed by atoms with van der Waals surface area (Å²) >= 11 is 0. The molecule has 0 bridgehead atoms. The molecule has 3 aliphatic heterocycles. The van der Waals surface area contributed by atoms with Crippen molar-refractivity contribution in [3.63, 3.8) is 0 Å². The maximum Gasteiger partial charge on any atom is 0.313 e. The summed E-state index contributed by atoms with van der Waals surface area (Å²) in [5.41, 5.74) is 15.9. The van der Waals surface area contributed by atoms with Crippen molar-refractivity contribution in [2.45, 2.75) is 111 Å². The number of esters is 1. The lowest BCUT2D eigenvalue weighted by Gasteiger charge is -2.28. The van der Waals surface area contributed by atoms with Crippen molar-refractivity contribution >= 4 is 70.6 Å². The highest BCUT2D eigenvalue weighted by molar-refractivity contribution is 5.94. The van der Waals surface area contributed by atoms with Crippen molar-refractivity contribution in [2.75, 3.05) is 59.5 Å². The second kappa shape index (κ2) is 29.0. The zero-order valence-corrected chi connectivity index (χ0v) is 47.4. The first-order chi connectivity index (χ1) is 38.4. The van der Waals surface area contributed by atoms with Crippen molar-refractivity contribution in [2.24, 2.45) is 11.7 Å². The number of anilines is 1. The van der Waals surface area contributed by atoms with Gasteiger partial charge in [-0.05, 0) is 156 Å². The van der Waals surface area contributed by atoms with Crippen LogP contribution < -0.4 is 26.5 Å². The second-order valence-corrected chi connectivity index (χ2v) is 20.7. The van der Waals surface area contributed by atoms with E-state index in [4.69, 9.17) is 29.8 Å². The fourth-order valence-electron chi connectivity index (χ4n) is 10.1. The molecule has 1 aliphatic carbocycles. The Morgan fingerprint density at radius 3 is 2.40 bits per heavy atom. The van der Waals surface area contributed by atoms with E-state index in [2.05, 4.69) is 27.9 Å². The topological polar surface area (TPSA) is 237 Å². The van der Waals surface area contributed by atoms with E-state index in [-0.39, 0.29) is 42.0 Å². The van der Waals surface area contributed by atoms with E-state index in [0.29, 0.717) is 92.8 Å². The van der Waals surface area contributed by atoms with Gasteiger partial charge in [0.15, 0.2) is 0 Å². The zero-order valence-electron chi connectivity index (χ0n) is 47.4. The number of aromatic nitrogens is 2. The van der Waals surface area contributed by atoms with Gasteiger partial charge in [-0.3, -0.25) is 33.8 Å². The van der Waals surface area contributed by atoms with Gasteiger partial charge in [-0.1, -0.05) is 19.1 Å². The number of hydroxylamine groups is 2. The number of methoxy groups -OCH3 is 1. The minimum Gasteiger partial charge on any atom is -0.460 e. The molecule has 4 aliphatic rings. The number of cyclic esters (lactones) is 1. The Labute approximate surface area is 467 Å². The molecule has 0 radical (unpaired) electrons. The number of nitrogens with two attached hydrogens (primary N) is 1. The zero-order chi connectivity index (χ0) is 58.1. The predicted molar refractivity (Wildman–Crippen MR) is 304 cm³/mol. The quantitative estimate of drug-likeness (QED) is 0.0275. The highest BCUT2D eigenvalue weighted by Gasteiger charge is 2.36. The minimum absolute atomic E-state index is 0.0274. The van der Waals surface area contributed by atoms with Gasteiger partial charge in [0, 0.05) is 80.7 Å². The third-order valence-electron chi connectivity index (χ3n) is 14.5. The summed E-state index contributed by atoms with van der Waals surface area (Å²) in [6, 6.07) is 16.3. The summed E-state index contributed by atoms with van der Waals surface area (Å²) in [5.74, 6) is -0.383. The molecule has 4 amide bonds. The van der Waals surface area contributed by atoms with Crippen molar-refractivity contribution in [1.29, 1.82) is 0 Å². The van der Waals surface area contributed by atoms with Crippen molar-refractivity contribution in [1.82, 2.24) is 35.5 Å². The Bertz CT molecular complexity index is 3070. The van der Waals surface area contributed by atoms with Crippen LogP contribution >= 0.6 is 0 Å². The van der Waals surface area contributed by atoms with Gasteiger partial charge in [0.25, 0.3) is 0 Å². The average Bonchev–Trinajstić information content (AvgIpc) is 4.28. The number of aryl methyl sites for hydroxylation is 2. The SMILES string of the molecule is CC(NC=O)C(=O)N1CCCC1.CCC1C(=O)OCC(C=O)=C1/C=C1/c2nc3cc(F)c(C)c4c3c(c2CN1C)C(NC=O)CC4.COCc1ccc(NC=O)cc1.Cc1ccnc2ccc(ON(C)COC(C)(C)CCN)cc12. The van der Waals surface area contributed by atoms with Crippen LogP contribution in [-0.4, -0.2) is 128 Å². The maximum atomic E-state index is 14.8. The van der Waals surface area contributed by atoms with Crippen LogP contribution in [0.5, 0.6) is 5.75 Å². The molecule has 3 atom stereocenters. The molecule has 428 valence electrons. The molecule has 5 heterocycles. The van der Waals surface area contributed by atoms with E-state index in [1.54, 1.807) is 30.9 Å². The number of hydrogen-bond acceptors (Lipinski definition) is 15. The summed E-state index contributed by atoms with van der Waals surface area (Å²) in [5, 5.41) is 11.6. The number of fused-ring (bicyclic) bond motifs is 3. The molecule has 9 rings (SSSR count). The van der Waals surface area contributed by atoms with Crippen LogP contribution in [0.15, 0.2) is 78.0 Å². The normalized spacial score (nSPS) is 17.2. The van der Waals surface area contributed by atoms with E-state index >= 15 is 0 Å². The largest absolute Gasteiger partial charge is 0.460 e. The Hall–Kier alpha value is -7.65. The highest BCUT2D eigenvalue weighted by Crippen LogP contribution is 2.45. The number of halogens is 1. The molecule has 19 nitrogen and oxygen atoms in total. The highest BCUT2D eigenvalue weighted by atomic mass is 19.1. The third-order valence-corrected chi connectivity index (χ3v) is 14.5. The number of allylic oxidation sites excluding steroid dienone is 1. The Morgan fingerprint density at radius 1 is 1.01 bits per heavy atom. The van der Waals surface area contributed by atoms with E-state index in [1.807, 2.05) is 101 Å². The van der Waals surface area contributed by atoms with E-state index in [1.165, 1.54) is 11.6 Å². The van der Waals surface area contributed by atoms with Gasteiger partial charge >= 0.3 is 5.97 Å². The number of likely N-dealkylation sites (tertiary alicyclic amines) is 1. The smallest absolute Gasteiger partial charge is 0.313 e. The van der Waals surface area contributed by atoms with Gasteiger partial charge in [0.1, 0.15) is 37.2 Å². The molecule has 1 fully saturated rings. The Kier molecular flexibility index (Phi) is 22.3. The molecule has 5 aromatic rings. The lowest BCUT2D eigenvalue weighted by molar-refractivity contribution is -0.160. The van der Waals surface area contributed by atoms with Crippen molar-refractivity contribution in [3.8, 4) is 5.75 Å². The summed E-state index contributed by atoms with van der Waals surface area (Å²) in [6.45, 7) is 15.2. The number of amides is 4. The van der Waals surface area contributed by atoms with E-state index in [9.17, 15) is 33.2 Å². The fourth-order valence-corrected chi connectivity index (χ4v) is 10.1. The number of benzene rings is 3. The predicted octanol–water partition coefficient (Wildman–Crippen LogP) is 7.30. The first-order valence-corrected chi connectivity index (χ1v) is 26.9. The number of nitrogens with zero attached hydrogens (tertiary/aromatic N) is 5. The molecular weight excluding hydrogens is 1030 g/mol. The number of carbonyl (C=O) groups excluding carboxylic acids is 6. The lowest BCUT2D eigenvalue weighted by Crippen LogP contribution is -2.43. The van der Waals surface area contributed by atoms with Gasteiger partial charge in [-0.2, -0.15) is 0 Å². The first kappa shape index (κ1) is 61.6. The number of pyridine rings is 2. The third kappa shape index (κ3) is 15.4. The van der Waals surface area contributed by atoms with E-state index in [0.717, 1.165) is 94.3 Å². The number of carbonyl (C=O) groups is 6. The standard InChI is InChI=1S/C26H26FN3O4.C17H25N3O2.C9H11NO2.C8H14N2O2/c1-4-15-17(14(10-31)11-34-26(15)33)7-22-25-18(9-30(22)3)24-20(28-12-32)6-5-16-13(2)19(27)8-21(29-25)23(16)24;1-13-7-10-19-16-6-5-14(11-15(13)16)22-20(4)12-21-17(2,3)8-9-18;1-12-6-8-2-4-9(5-3-8)10-7-11;1-7(9-6-11)8(12)10-4-2-3-5-10/h7-8,10,12,15,20H,4-6,9,11H2,1-3H3,(H,28,32);5-7,10-11H,8-9,12,18H2,1-4H3;2-5,7H,6H2,1H3,(H,10,11);6-7H,2-5H2,1H3,(H,9,11)/b22-7-;;;. The van der Waals surface area contributed by atoms with Crippen LogP contribution in [-0.2, 0) is 62.6 Å². The summed E-state index contributed by atoms with van der Waals surface area (Å²) in [7, 11) is 5.42. The van der Waals surface area contributed by atoms with Gasteiger partial charge in [0.05, 0.1) is 46.6 Å². The molecule has 3 unspecified atom stereocenters. The van der Waals surface area contributed by atoms with Gasteiger partial charge < -0.3 is 50.5 Å². The van der Waals surface area contributed by atoms with Crippen molar-refractivity contribution in [3.05, 3.63) is 123 Å². The lowest BCUT2D eigenvalue weighted by atomic mass is 9.82. The van der Waals surface area contributed by atoms with Crippen LogP contribution in [0.25, 0.3) is 27.5 Å². The van der Waals surface area contributed by atoms with Crippen LogP contribution in [0.3, 0.4) is 0 Å². The summed E-state index contributed by atoms with van der Waals surface area (Å²) < 4.78 is 30.7. The van der Waals surface area contributed by atoms with Gasteiger partial charge in [-0.15, -0.1) is 5.06 Å². The average molecular weight is 1100 g/mol. The maximum absolute atomic E-state index is 14.8. The number of aldehydes is 1. The van der Waals surface area contributed by atoms with Crippen LogP contribution in [0.4, 0.5) is 10.1 Å². The first-order valence-electron chi connectivity index (χ1n) is 26.9. The van der Waals surface area contributed by atoms with E-state index < -0.39 is 5.92 Å². The minimum atomic E-state index is -0.533. The summed E-state index contributed by atoms with van der Waals surface area (Å²) in [6.07, 6.45) is 11.2. The second-order valence-electron chi connectivity index (χ2n) is 20.7. The molecule has 1 saturated heterocycles. The number of rotatable bonds is 19. The molecule has 0 spiro atoms. The van der Waals surface area contributed by atoms with Gasteiger partial charge in [0.2, 0.25) is 25.1 Å². The number of ether oxygens (including phenoxy) is 3. The molecule has 20 heteroatoms. The molecule has 5 N–H and O–H groups in total. The monoisotopic (exact) mass is 1100 g/mol. The van der Waals surface area contributed by atoms with Crippen LogP contribution in [0, 0.1) is 25.6 Å². The van der Waals surface area contributed by atoms with Crippen LogP contribution in [0.2, 0.25) is 0 Å². The molecular formula is C60H76FN9O10. The fraction of sp³-hybridized carbons (Fsp3) is 0.433. The molecule has 2 aromatic heterocycles. The number of nitrogens with one attached hydrogen (secondary N) is 3. The Morgan fingerprint density at radius 2 is 1.75 bits per heavy atom. The van der Waals surface area contributed by atoms with Gasteiger partial charge in [-0.25, -0.2) is 9.37 Å². The Balaban J connectivity index is 0.000000191. The van der Waals surface area contributed by atoms with Crippen LogP contribution in [0.1, 0.15) is 105 Å². The molecule has 3 aromatic carbocycles. The van der Waals surface area contributed by atoms with Crippen molar-refractivity contribution < 1.29 is 52.2 Å².